The lowest BCUT2D eigenvalue weighted by Crippen LogP contribution is -2.25. The Morgan fingerprint density at radius 2 is 1.54 bits per heavy atom. The smallest absolute Gasteiger partial charge is 0.136 e. The number of likely N-dealkylation sites (N-methyl/N-ethyl adjacent to an activating group) is 1. The first-order valence-corrected chi connectivity index (χ1v) is 9.51. The van der Waals surface area contributed by atoms with Crippen LogP contribution in [0.4, 0.5) is 0 Å². The van der Waals surface area contributed by atoms with E-state index >= 15 is 0 Å². The van der Waals surface area contributed by atoms with E-state index in [9.17, 15) is 0 Å². The first-order chi connectivity index (χ1) is 13.7. The van der Waals surface area contributed by atoms with Gasteiger partial charge in [0.1, 0.15) is 17.3 Å². The number of rotatable bonds is 5. The Morgan fingerprint density at radius 3 is 2.21 bits per heavy atom. The molecule has 0 saturated carbocycles. The van der Waals surface area contributed by atoms with Crippen molar-refractivity contribution in [2.24, 2.45) is 0 Å². The molecule has 0 unspecified atom stereocenters. The van der Waals surface area contributed by atoms with Crippen molar-refractivity contribution >= 4 is 5.76 Å². The average Bonchev–Trinajstić information content (AvgIpc) is 2.73. The molecule has 3 heteroatoms. The number of fused-ring (bicyclic) bond motifs is 1. The van der Waals surface area contributed by atoms with Crippen LogP contribution in [-0.4, -0.2) is 32.6 Å². The van der Waals surface area contributed by atoms with Crippen LogP contribution in [-0.2, 0) is 0 Å². The Bertz CT molecular complexity index is 975. The minimum absolute atomic E-state index is 0.158. The molecule has 28 heavy (non-hydrogen) atoms. The quantitative estimate of drug-likeness (QED) is 0.616. The maximum Gasteiger partial charge on any atom is 0.136 e. The molecule has 0 bridgehead atoms. The van der Waals surface area contributed by atoms with Gasteiger partial charge in [-0.1, -0.05) is 48.5 Å². The normalized spacial score (nSPS) is 15.9. The summed E-state index contributed by atoms with van der Waals surface area (Å²) in [5, 5.41) is 0. The van der Waals surface area contributed by atoms with E-state index in [2.05, 4.69) is 79.7 Å². The largest absolute Gasteiger partial charge is 0.497 e. The fraction of sp³-hybridized carbons (Fsp3) is 0.200. The second-order valence-electron chi connectivity index (χ2n) is 7.30. The van der Waals surface area contributed by atoms with E-state index in [1.165, 1.54) is 16.7 Å². The van der Waals surface area contributed by atoms with Gasteiger partial charge in [0.15, 0.2) is 0 Å². The van der Waals surface area contributed by atoms with E-state index in [0.717, 1.165) is 29.4 Å². The highest BCUT2D eigenvalue weighted by atomic mass is 16.5. The fourth-order valence-corrected chi connectivity index (χ4v) is 3.82. The van der Waals surface area contributed by atoms with Crippen molar-refractivity contribution in [3.8, 4) is 11.5 Å². The summed E-state index contributed by atoms with van der Waals surface area (Å²) in [6.07, 6.45) is 0. The summed E-state index contributed by atoms with van der Waals surface area (Å²) in [5.41, 5.74) is 4.82. The van der Waals surface area contributed by atoms with Crippen molar-refractivity contribution in [1.29, 1.82) is 0 Å². The van der Waals surface area contributed by atoms with Gasteiger partial charge in [-0.05, 0) is 55.6 Å². The van der Waals surface area contributed by atoms with Gasteiger partial charge >= 0.3 is 0 Å². The second-order valence-corrected chi connectivity index (χ2v) is 7.30. The molecule has 1 aliphatic heterocycles. The van der Waals surface area contributed by atoms with E-state index < -0.39 is 0 Å². The lowest BCUT2D eigenvalue weighted by Gasteiger charge is -2.33. The predicted octanol–water partition coefficient (Wildman–Crippen LogP) is 5.19. The number of methoxy groups -OCH3 is 1. The third-order valence-corrected chi connectivity index (χ3v) is 5.05. The highest BCUT2D eigenvalue weighted by molar-refractivity contribution is 5.73. The number of benzene rings is 3. The van der Waals surface area contributed by atoms with Crippen molar-refractivity contribution in [2.75, 3.05) is 27.7 Å². The van der Waals surface area contributed by atoms with Gasteiger partial charge in [-0.2, -0.15) is 0 Å². The lowest BCUT2D eigenvalue weighted by atomic mass is 9.81. The highest BCUT2D eigenvalue weighted by Gasteiger charge is 2.31. The van der Waals surface area contributed by atoms with Crippen molar-refractivity contribution in [3.63, 3.8) is 0 Å². The molecule has 142 valence electrons. The van der Waals surface area contributed by atoms with Crippen LogP contribution in [0.5, 0.6) is 11.5 Å². The van der Waals surface area contributed by atoms with E-state index in [1.54, 1.807) is 7.11 Å². The summed E-state index contributed by atoms with van der Waals surface area (Å²) >= 11 is 0. The van der Waals surface area contributed by atoms with Gasteiger partial charge in [0.25, 0.3) is 0 Å². The highest BCUT2D eigenvalue weighted by Crippen LogP contribution is 2.45. The first-order valence-electron chi connectivity index (χ1n) is 9.51. The van der Waals surface area contributed by atoms with Crippen LogP contribution in [0.15, 0.2) is 84.4 Å². The molecule has 0 fully saturated rings. The minimum atomic E-state index is 0.158. The molecule has 0 radical (unpaired) electrons. The molecule has 3 aromatic rings. The molecule has 0 N–H and O–H groups in total. The number of ether oxygens (including phenoxy) is 2. The maximum atomic E-state index is 6.47. The Morgan fingerprint density at radius 1 is 0.857 bits per heavy atom. The van der Waals surface area contributed by atoms with E-state index in [4.69, 9.17) is 9.47 Å². The first kappa shape index (κ1) is 18.3. The number of hydrogen-bond acceptors (Lipinski definition) is 3. The third-order valence-electron chi connectivity index (χ3n) is 5.05. The Hall–Kier alpha value is -3.04. The molecule has 1 atom stereocenters. The zero-order chi connectivity index (χ0) is 19.5. The SMILES string of the molecule is COc1ccc(C2=C(CN(C)C)[C@@H](c3ccccc3)c3ccccc3O2)cc1. The van der Waals surface area contributed by atoms with Crippen LogP contribution in [0.2, 0.25) is 0 Å². The molecule has 1 heterocycles. The van der Waals surface area contributed by atoms with Crippen LogP contribution in [0, 0.1) is 0 Å². The molecule has 0 aliphatic carbocycles. The van der Waals surface area contributed by atoms with Crippen LogP contribution in [0.3, 0.4) is 0 Å². The molecular formula is C25H25NO2. The maximum absolute atomic E-state index is 6.47. The van der Waals surface area contributed by atoms with Gasteiger partial charge in [0.05, 0.1) is 7.11 Å². The summed E-state index contributed by atoms with van der Waals surface area (Å²) in [6.45, 7) is 0.815. The molecule has 0 spiro atoms. The lowest BCUT2D eigenvalue weighted by molar-refractivity contribution is 0.412. The molecule has 0 amide bonds. The van der Waals surface area contributed by atoms with E-state index in [0.29, 0.717) is 0 Å². The van der Waals surface area contributed by atoms with Gasteiger partial charge < -0.3 is 14.4 Å². The third kappa shape index (κ3) is 3.54. The molecule has 0 aromatic heterocycles. The number of hydrogen-bond donors (Lipinski definition) is 0. The Kier molecular flexibility index (Phi) is 5.18. The van der Waals surface area contributed by atoms with Gasteiger partial charge in [0, 0.05) is 23.6 Å². The fourth-order valence-electron chi connectivity index (χ4n) is 3.82. The summed E-state index contributed by atoms with van der Waals surface area (Å²) in [7, 11) is 5.88. The monoisotopic (exact) mass is 371 g/mol. The van der Waals surface area contributed by atoms with E-state index in [1.807, 2.05) is 18.2 Å². The van der Waals surface area contributed by atoms with Crippen LogP contribution < -0.4 is 9.47 Å². The molecule has 4 rings (SSSR count). The van der Waals surface area contributed by atoms with Crippen molar-refractivity contribution in [2.45, 2.75) is 5.92 Å². The van der Waals surface area contributed by atoms with Gasteiger partial charge in [-0.15, -0.1) is 0 Å². The molecule has 0 saturated heterocycles. The molecule has 1 aliphatic rings. The number of para-hydroxylation sites is 1. The predicted molar refractivity (Wildman–Crippen MR) is 114 cm³/mol. The zero-order valence-corrected chi connectivity index (χ0v) is 16.6. The van der Waals surface area contributed by atoms with Gasteiger partial charge in [-0.25, -0.2) is 0 Å². The van der Waals surface area contributed by atoms with Crippen LogP contribution >= 0.6 is 0 Å². The summed E-state index contributed by atoms with van der Waals surface area (Å²) in [6, 6.07) is 27.1. The van der Waals surface area contributed by atoms with Crippen molar-refractivity contribution in [3.05, 3.63) is 101 Å². The van der Waals surface area contributed by atoms with Gasteiger partial charge in [0.2, 0.25) is 0 Å². The Labute approximate surface area is 166 Å². The summed E-state index contributed by atoms with van der Waals surface area (Å²) < 4.78 is 11.8. The zero-order valence-electron chi connectivity index (χ0n) is 16.6. The van der Waals surface area contributed by atoms with E-state index in [-0.39, 0.29) is 5.92 Å². The average molecular weight is 371 g/mol. The molecule has 3 nitrogen and oxygen atoms in total. The molecule has 3 aromatic carbocycles. The van der Waals surface area contributed by atoms with Gasteiger partial charge in [-0.3, -0.25) is 0 Å². The minimum Gasteiger partial charge on any atom is -0.497 e. The van der Waals surface area contributed by atoms with Crippen LogP contribution in [0.1, 0.15) is 22.6 Å². The van der Waals surface area contributed by atoms with Crippen LogP contribution in [0.25, 0.3) is 5.76 Å². The molecular weight excluding hydrogens is 346 g/mol. The topological polar surface area (TPSA) is 21.7 Å². The van der Waals surface area contributed by atoms with Crippen molar-refractivity contribution < 1.29 is 9.47 Å². The standard InChI is InChI=1S/C25H25NO2/c1-26(2)17-22-24(18-9-5-4-6-10-18)21-11-7-8-12-23(21)28-25(22)19-13-15-20(27-3)16-14-19/h4-16,24H,17H2,1-3H3/t24-/m0/s1. The Balaban J connectivity index is 1.92. The summed E-state index contributed by atoms with van der Waals surface area (Å²) in [5.74, 6) is 2.86. The number of nitrogens with zero attached hydrogens (tertiary/aromatic N) is 1. The van der Waals surface area contributed by atoms with Crippen molar-refractivity contribution in [1.82, 2.24) is 4.90 Å². The summed E-state index contributed by atoms with van der Waals surface area (Å²) in [4.78, 5) is 2.20. The second kappa shape index (κ2) is 7.91.